The van der Waals surface area contributed by atoms with Crippen molar-refractivity contribution in [2.75, 3.05) is 6.54 Å². The van der Waals surface area contributed by atoms with Gasteiger partial charge in [0.2, 0.25) is 0 Å². The van der Waals surface area contributed by atoms with Gasteiger partial charge in [-0.3, -0.25) is 9.59 Å². The summed E-state index contributed by atoms with van der Waals surface area (Å²) in [6.45, 7) is -0.278. The second kappa shape index (κ2) is 7.10. The predicted molar refractivity (Wildman–Crippen MR) is 75.4 cm³/mol. The zero-order chi connectivity index (χ0) is 15.0. The molecule has 0 bridgehead atoms. The van der Waals surface area contributed by atoms with E-state index >= 15 is 0 Å². The number of amides is 1. The van der Waals surface area contributed by atoms with Crippen molar-refractivity contribution >= 4 is 11.9 Å². The monoisotopic (exact) mass is 275 g/mol. The van der Waals surface area contributed by atoms with Gasteiger partial charge >= 0.3 is 5.97 Å². The van der Waals surface area contributed by atoms with E-state index in [-0.39, 0.29) is 6.54 Å². The van der Waals surface area contributed by atoms with Gasteiger partial charge < -0.3 is 21.9 Å². The van der Waals surface area contributed by atoms with Crippen molar-refractivity contribution < 1.29 is 14.7 Å². The highest BCUT2D eigenvalue weighted by atomic mass is 16.4. The fourth-order valence-electron chi connectivity index (χ4n) is 1.66. The topological polar surface area (TPSA) is 118 Å². The first-order valence-electron chi connectivity index (χ1n) is 5.92. The first-order chi connectivity index (χ1) is 9.53. The van der Waals surface area contributed by atoms with E-state index in [2.05, 4.69) is 11.1 Å². The number of allylic oxidation sites excluding steroid dienone is 2. The van der Waals surface area contributed by atoms with E-state index in [1.54, 1.807) is 12.3 Å². The quantitative estimate of drug-likeness (QED) is 0.622. The van der Waals surface area contributed by atoms with Crippen molar-refractivity contribution in [2.24, 2.45) is 11.5 Å². The summed E-state index contributed by atoms with van der Waals surface area (Å²) in [5.74, 6) is -1.38. The van der Waals surface area contributed by atoms with Gasteiger partial charge in [0.1, 0.15) is 0 Å². The Morgan fingerprint density at radius 2 is 1.80 bits per heavy atom. The first kappa shape index (κ1) is 15.5. The predicted octanol–water partition coefficient (Wildman–Crippen LogP) is 0.0700. The van der Waals surface area contributed by atoms with Gasteiger partial charge in [0.15, 0.2) is 5.54 Å². The molecule has 1 aliphatic rings. The van der Waals surface area contributed by atoms with Crippen LogP contribution < -0.4 is 16.8 Å². The molecule has 1 aliphatic heterocycles. The van der Waals surface area contributed by atoms with Crippen LogP contribution in [0.1, 0.15) is 5.56 Å². The van der Waals surface area contributed by atoms with E-state index in [9.17, 15) is 9.59 Å². The van der Waals surface area contributed by atoms with E-state index in [4.69, 9.17) is 10.8 Å². The van der Waals surface area contributed by atoms with Crippen LogP contribution in [0.3, 0.4) is 0 Å². The lowest BCUT2D eigenvalue weighted by Gasteiger charge is -2.29. The molecule has 1 heterocycles. The molecule has 0 aliphatic carbocycles. The maximum absolute atomic E-state index is 11.6. The van der Waals surface area contributed by atoms with Crippen molar-refractivity contribution in [3.63, 3.8) is 0 Å². The lowest BCUT2D eigenvalue weighted by Crippen LogP contribution is -2.49. The number of hydrogen-bond acceptors (Lipinski definition) is 4. The molecular weight excluding hydrogens is 258 g/mol. The normalized spacial score (nSPS) is 19.4. The van der Waals surface area contributed by atoms with Gasteiger partial charge in [-0.05, 0) is 23.9 Å². The molecular formula is C14H17N3O3. The number of nitrogens with two attached hydrogens (primary N) is 2. The molecule has 0 fully saturated rings. The molecule has 0 saturated heterocycles. The van der Waals surface area contributed by atoms with Crippen LogP contribution in [0.5, 0.6) is 0 Å². The van der Waals surface area contributed by atoms with Gasteiger partial charge in [0.05, 0.1) is 6.54 Å². The van der Waals surface area contributed by atoms with Crippen LogP contribution in [0.2, 0.25) is 0 Å². The number of primary amides is 1. The maximum Gasteiger partial charge on any atom is 0.317 e. The summed E-state index contributed by atoms with van der Waals surface area (Å²) in [6.07, 6.45) is 7.13. The standard InChI is InChI=1S/C12H12N2O.C2H5NO2/c13-11(15)12(8-4-5-9-14-12)10-6-2-1-3-7-10;3-1-2(4)5/h1-9,14H,(H2,13,15);1,3H2,(H,4,5). The molecule has 1 aromatic carbocycles. The molecule has 0 spiro atoms. The Morgan fingerprint density at radius 1 is 1.20 bits per heavy atom. The van der Waals surface area contributed by atoms with Crippen molar-refractivity contribution in [2.45, 2.75) is 5.54 Å². The molecule has 0 saturated carbocycles. The second-order valence-electron chi connectivity index (χ2n) is 4.00. The van der Waals surface area contributed by atoms with Gasteiger partial charge in [0, 0.05) is 0 Å². The average molecular weight is 275 g/mol. The Kier molecular flexibility index (Phi) is 5.49. The summed E-state index contributed by atoms with van der Waals surface area (Å²) in [5, 5.41) is 10.6. The Bertz CT molecular complexity index is 526. The number of carbonyl (C=O) groups excluding carboxylic acids is 1. The molecule has 1 unspecified atom stereocenters. The van der Waals surface area contributed by atoms with Gasteiger partial charge in [-0.15, -0.1) is 0 Å². The Morgan fingerprint density at radius 3 is 2.20 bits per heavy atom. The molecule has 0 aromatic heterocycles. The number of carboxylic acids is 1. The Hall–Kier alpha value is -2.60. The molecule has 1 aromatic rings. The summed E-state index contributed by atoms with van der Waals surface area (Å²) in [4.78, 5) is 20.8. The minimum Gasteiger partial charge on any atom is -0.480 e. The van der Waals surface area contributed by atoms with Gasteiger partial charge in [-0.2, -0.15) is 0 Å². The molecule has 1 atom stereocenters. The highest BCUT2D eigenvalue weighted by Gasteiger charge is 2.35. The van der Waals surface area contributed by atoms with Crippen LogP contribution in [0.15, 0.2) is 54.8 Å². The van der Waals surface area contributed by atoms with Crippen LogP contribution in [-0.2, 0) is 15.1 Å². The van der Waals surface area contributed by atoms with Gasteiger partial charge in [0.25, 0.3) is 5.91 Å². The molecule has 6 heteroatoms. The molecule has 6 nitrogen and oxygen atoms in total. The van der Waals surface area contributed by atoms with Crippen molar-refractivity contribution in [3.05, 3.63) is 60.3 Å². The number of nitrogens with one attached hydrogen (secondary N) is 1. The lowest BCUT2D eigenvalue weighted by atomic mass is 9.87. The van der Waals surface area contributed by atoms with Crippen molar-refractivity contribution in [1.82, 2.24) is 5.32 Å². The maximum atomic E-state index is 11.6. The van der Waals surface area contributed by atoms with Crippen LogP contribution in [0, 0.1) is 0 Å². The minimum atomic E-state index is -0.968. The SMILES string of the molecule is NC(=O)C1(c2ccccc2)C=CC=CN1.NCC(=O)O. The number of aliphatic carboxylic acids is 1. The largest absolute Gasteiger partial charge is 0.480 e. The van der Waals surface area contributed by atoms with Crippen LogP contribution in [0.4, 0.5) is 0 Å². The minimum absolute atomic E-state index is 0.278. The third kappa shape index (κ3) is 3.69. The van der Waals surface area contributed by atoms with Crippen molar-refractivity contribution in [1.29, 1.82) is 0 Å². The summed E-state index contributed by atoms with van der Waals surface area (Å²) in [7, 11) is 0. The number of carboxylic acid groups (broad SMARTS) is 1. The Balaban J connectivity index is 0.000000347. The van der Waals surface area contributed by atoms with Crippen LogP contribution >= 0.6 is 0 Å². The van der Waals surface area contributed by atoms with Crippen LogP contribution in [-0.4, -0.2) is 23.5 Å². The zero-order valence-corrected chi connectivity index (χ0v) is 10.8. The molecule has 0 radical (unpaired) electrons. The number of carbonyl (C=O) groups is 2. The van der Waals surface area contributed by atoms with E-state index in [0.717, 1.165) is 5.56 Å². The third-order valence-electron chi connectivity index (χ3n) is 2.66. The fourth-order valence-corrected chi connectivity index (χ4v) is 1.66. The zero-order valence-electron chi connectivity index (χ0n) is 10.8. The molecule has 2 rings (SSSR count). The highest BCUT2D eigenvalue weighted by Crippen LogP contribution is 2.24. The van der Waals surface area contributed by atoms with E-state index < -0.39 is 17.4 Å². The van der Waals surface area contributed by atoms with E-state index in [1.807, 2.05) is 42.5 Å². The molecule has 20 heavy (non-hydrogen) atoms. The number of dihydropyridines is 1. The highest BCUT2D eigenvalue weighted by molar-refractivity contribution is 5.89. The summed E-state index contributed by atoms with van der Waals surface area (Å²) in [6, 6.07) is 9.42. The van der Waals surface area contributed by atoms with Crippen molar-refractivity contribution in [3.8, 4) is 0 Å². The van der Waals surface area contributed by atoms with E-state index in [0.29, 0.717) is 0 Å². The second-order valence-corrected chi connectivity index (χ2v) is 4.00. The molecule has 1 amide bonds. The average Bonchev–Trinajstić information content (AvgIpc) is 2.49. The third-order valence-corrected chi connectivity index (χ3v) is 2.66. The lowest BCUT2D eigenvalue weighted by molar-refractivity contribution is -0.135. The van der Waals surface area contributed by atoms with Crippen LogP contribution in [0.25, 0.3) is 0 Å². The smallest absolute Gasteiger partial charge is 0.317 e. The van der Waals surface area contributed by atoms with Gasteiger partial charge in [-0.25, -0.2) is 0 Å². The molecule has 106 valence electrons. The first-order valence-corrected chi connectivity index (χ1v) is 5.92. The summed E-state index contributed by atoms with van der Waals surface area (Å²) >= 11 is 0. The summed E-state index contributed by atoms with van der Waals surface area (Å²) in [5.41, 5.74) is 9.96. The molecule has 6 N–H and O–H groups in total. The fraction of sp³-hybridized carbons (Fsp3) is 0.143. The van der Waals surface area contributed by atoms with Gasteiger partial charge in [-0.1, -0.05) is 36.4 Å². The Labute approximate surface area is 116 Å². The number of benzene rings is 1. The summed E-state index contributed by atoms with van der Waals surface area (Å²) < 4.78 is 0. The number of rotatable bonds is 3. The van der Waals surface area contributed by atoms with E-state index in [1.165, 1.54) is 0 Å². The number of hydrogen-bond donors (Lipinski definition) is 4.